The molecule has 156 valence electrons. The number of urea groups is 1. The normalized spacial score (nSPS) is 30.8. The number of amides is 3. The Labute approximate surface area is 173 Å². The number of hydrogen-bond acceptors (Lipinski definition) is 3. The van der Waals surface area contributed by atoms with Crippen LogP contribution in [0.15, 0.2) is 30.3 Å². The maximum Gasteiger partial charge on any atom is 0.321 e. The Bertz CT molecular complexity index is 747. The van der Waals surface area contributed by atoms with E-state index < -0.39 is 0 Å². The first-order valence-electron chi connectivity index (χ1n) is 11.3. The highest BCUT2D eigenvalue weighted by atomic mass is 16.2. The van der Waals surface area contributed by atoms with Gasteiger partial charge in [0.2, 0.25) is 5.91 Å². The van der Waals surface area contributed by atoms with Crippen molar-refractivity contribution >= 4 is 17.6 Å². The predicted molar refractivity (Wildman–Crippen MR) is 113 cm³/mol. The summed E-state index contributed by atoms with van der Waals surface area (Å²) in [5.74, 6) is 1.67. The zero-order valence-corrected chi connectivity index (χ0v) is 17.1. The summed E-state index contributed by atoms with van der Waals surface area (Å²) in [5.41, 5.74) is 0.857. The van der Waals surface area contributed by atoms with Gasteiger partial charge in [0.1, 0.15) is 0 Å². The van der Waals surface area contributed by atoms with E-state index in [1.807, 2.05) is 35.2 Å². The Morgan fingerprint density at radius 2 is 1.79 bits per heavy atom. The van der Waals surface area contributed by atoms with E-state index in [2.05, 4.69) is 15.1 Å². The fourth-order valence-electron chi connectivity index (χ4n) is 6.10. The zero-order valence-electron chi connectivity index (χ0n) is 17.1. The third-order valence-corrected chi connectivity index (χ3v) is 7.50. The molecule has 4 heterocycles. The quantitative estimate of drug-likeness (QED) is 0.836. The topological polar surface area (TPSA) is 55.9 Å². The van der Waals surface area contributed by atoms with Crippen molar-refractivity contribution in [2.45, 2.75) is 50.6 Å². The Hall–Kier alpha value is -2.08. The highest BCUT2D eigenvalue weighted by Crippen LogP contribution is 2.39. The fourth-order valence-corrected chi connectivity index (χ4v) is 6.10. The molecular formula is C23H32N4O2. The highest BCUT2D eigenvalue weighted by Gasteiger charge is 2.45. The molecule has 0 aliphatic carbocycles. The number of likely N-dealkylation sites (tertiary alicyclic amines) is 2. The van der Waals surface area contributed by atoms with Gasteiger partial charge in [-0.25, -0.2) is 4.79 Å². The van der Waals surface area contributed by atoms with Gasteiger partial charge in [-0.1, -0.05) is 18.2 Å². The molecule has 6 nitrogen and oxygen atoms in total. The Morgan fingerprint density at radius 3 is 2.59 bits per heavy atom. The average Bonchev–Trinajstić information content (AvgIpc) is 2.75. The molecule has 3 amide bonds. The summed E-state index contributed by atoms with van der Waals surface area (Å²) < 4.78 is 0. The van der Waals surface area contributed by atoms with Gasteiger partial charge in [0.05, 0.1) is 0 Å². The molecule has 1 aromatic carbocycles. The first-order chi connectivity index (χ1) is 14.2. The van der Waals surface area contributed by atoms with E-state index in [1.54, 1.807) is 0 Å². The predicted octanol–water partition coefficient (Wildman–Crippen LogP) is 3.02. The fraction of sp³-hybridized carbons (Fsp3) is 0.652. The summed E-state index contributed by atoms with van der Waals surface area (Å²) in [6.07, 6.45) is 6.40. The van der Waals surface area contributed by atoms with Crippen molar-refractivity contribution in [1.82, 2.24) is 14.7 Å². The monoisotopic (exact) mass is 396 g/mol. The minimum atomic E-state index is 0.0153. The third-order valence-electron chi connectivity index (χ3n) is 7.50. The number of rotatable bonds is 2. The molecule has 4 aliphatic heterocycles. The second kappa shape index (κ2) is 7.98. The van der Waals surface area contributed by atoms with E-state index in [0.29, 0.717) is 29.8 Å². The molecule has 3 atom stereocenters. The number of benzene rings is 1. The van der Waals surface area contributed by atoms with Crippen molar-refractivity contribution in [2.75, 3.05) is 38.0 Å². The van der Waals surface area contributed by atoms with Crippen LogP contribution in [0, 0.1) is 11.8 Å². The molecule has 4 saturated heterocycles. The number of fused-ring (bicyclic) bond motifs is 4. The molecule has 0 radical (unpaired) electrons. The number of carbonyl (C=O) groups is 2. The van der Waals surface area contributed by atoms with Gasteiger partial charge in [-0.05, 0) is 56.1 Å². The minimum absolute atomic E-state index is 0.0153. The van der Waals surface area contributed by atoms with Crippen LogP contribution in [-0.4, -0.2) is 71.4 Å². The van der Waals surface area contributed by atoms with Gasteiger partial charge in [0.25, 0.3) is 0 Å². The molecule has 29 heavy (non-hydrogen) atoms. The largest absolute Gasteiger partial charge is 0.339 e. The summed E-state index contributed by atoms with van der Waals surface area (Å²) in [6.45, 7) is 4.86. The Morgan fingerprint density at radius 1 is 1.00 bits per heavy atom. The van der Waals surface area contributed by atoms with E-state index in [1.165, 1.54) is 12.8 Å². The lowest BCUT2D eigenvalue weighted by Gasteiger charge is -2.54. The first-order valence-corrected chi connectivity index (χ1v) is 11.3. The van der Waals surface area contributed by atoms with Gasteiger partial charge >= 0.3 is 6.03 Å². The van der Waals surface area contributed by atoms with Gasteiger partial charge in [0, 0.05) is 56.9 Å². The number of nitrogens with one attached hydrogen (secondary N) is 1. The molecule has 0 aromatic heterocycles. The van der Waals surface area contributed by atoms with Gasteiger partial charge in [-0.15, -0.1) is 0 Å². The van der Waals surface area contributed by atoms with Crippen molar-refractivity contribution in [3.05, 3.63) is 30.3 Å². The average molecular weight is 397 g/mol. The molecular weight excluding hydrogens is 364 g/mol. The van der Waals surface area contributed by atoms with Crippen LogP contribution in [0.3, 0.4) is 0 Å². The van der Waals surface area contributed by atoms with Gasteiger partial charge in [-0.3, -0.25) is 9.69 Å². The molecule has 1 N–H and O–H groups in total. The summed E-state index contributed by atoms with van der Waals surface area (Å²) in [4.78, 5) is 31.8. The van der Waals surface area contributed by atoms with Crippen molar-refractivity contribution in [3.63, 3.8) is 0 Å². The number of carbonyl (C=O) groups excluding carboxylic acids is 2. The van der Waals surface area contributed by atoms with Crippen LogP contribution < -0.4 is 5.32 Å². The number of nitrogens with zero attached hydrogens (tertiary/aromatic N) is 3. The van der Waals surface area contributed by atoms with E-state index in [-0.39, 0.29) is 6.03 Å². The Kier molecular flexibility index (Phi) is 5.20. The first kappa shape index (κ1) is 18.9. The standard InChI is InChI=1S/C23H32N4O2/c28-22-8-4-7-21-18-13-17(15-27(21)22)14-26(16-18)20-9-11-25(12-10-20)23(29)24-19-5-2-1-3-6-19/h1-3,5-6,17-18,20-21H,4,7-16H2,(H,24,29)/t17?,18?,21-/m1/s1. The maximum absolute atomic E-state index is 12.6. The third kappa shape index (κ3) is 3.87. The lowest BCUT2D eigenvalue weighted by molar-refractivity contribution is -0.145. The van der Waals surface area contributed by atoms with Crippen LogP contribution in [0.25, 0.3) is 0 Å². The van der Waals surface area contributed by atoms with E-state index in [0.717, 1.165) is 64.1 Å². The van der Waals surface area contributed by atoms with Crippen LogP contribution >= 0.6 is 0 Å². The van der Waals surface area contributed by atoms with Crippen molar-refractivity contribution in [1.29, 1.82) is 0 Å². The van der Waals surface area contributed by atoms with Crippen LogP contribution in [0.2, 0.25) is 0 Å². The SMILES string of the molecule is O=C(Nc1ccccc1)N1CCC(N2CC3CC(C2)[C@H]2CCCC(=O)N2C3)CC1. The minimum Gasteiger partial charge on any atom is -0.339 e. The molecule has 2 unspecified atom stereocenters. The summed E-state index contributed by atoms with van der Waals surface area (Å²) in [5, 5.41) is 3.01. The summed E-state index contributed by atoms with van der Waals surface area (Å²) >= 11 is 0. The summed E-state index contributed by atoms with van der Waals surface area (Å²) in [7, 11) is 0. The molecule has 0 saturated carbocycles. The number of anilines is 1. The summed E-state index contributed by atoms with van der Waals surface area (Å²) in [6, 6.07) is 10.8. The van der Waals surface area contributed by atoms with Gasteiger partial charge in [-0.2, -0.15) is 0 Å². The van der Waals surface area contributed by atoms with Crippen molar-refractivity contribution < 1.29 is 9.59 Å². The number of piperidine rings is 4. The van der Waals surface area contributed by atoms with Crippen LogP contribution in [0.5, 0.6) is 0 Å². The molecule has 5 rings (SSSR count). The molecule has 0 spiro atoms. The Balaban J connectivity index is 1.16. The van der Waals surface area contributed by atoms with Gasteiger partial charge < -0.3 is 15.1 Å². The second-order valence-corrected chi connectivity index (χ2v) is 9.34. The number of para-hydroxylation sites is 1. The molecule has 2 bridgehead atoms. The second-order valence-electron chi connectivity index (χ2n) is 9.34. The van der Waals surface area contributed by atoms with Crippen LogP contribution in [0.4, 0.5) is 10.5 Å². The zero-order chi connectivity index (χ0) is 19.8. The van der Waals surface area contributed by atoms with Crippen molar-refractivity contribution in [3.8, 4) is 0 Å². The molecule has 1 aromatic rings. The lowest BCUT2D eigenvalue weighted by atomic mass is 9.75. The van der Waals surface area contributed by atoms with Gasteiger partial charge in [0.15, 0.2) is 0 Å². The maximum atomic E-state index is 12.6. The van der Waals surface area contributed by atoms with E-state index in [9.17, 15) is 9.59 Å². The lowest BCUT2D eigenvalue weighted by Crippen LogP contribution is -2.62. The van der Waals surface area contributed by atoms with E-state index in [4.69, 9.17) is 0 Å². The van der Waals surface area contributed by atoms with E-state index >= 15 is 0 Å². The number of hydrogen-bond donors (Lipinski definition) is 1. The molecule has 6 heteroatoms. The van der Waals surface area contributed by atoms with Crippen LogP contribution in [0.1, 0.15) is 38.5 Å². The smallest absolute Gasteiger partial charge is 0.321 e. The molecule has 4 fully saturated rings. The van der Waals surface area contributed by atoms with Crippen molar-refractivity contribution in [2.24, 2.45) is 11.8 Å². The molecule has 4 aliphatic rings. The van der Waals surface area contributed by atoms with Crippen LogP contribution in [-0.2, 0) is 4.79 Å². The highest BCUT2D eigenvalue weighted by molar-refractivity contribution is 5.89.